The molecule has 0 saturated heterocycles. The van der Waals surface area contributed by atoms with Crippen molar-refractivity contribution in [1.29, 1.82) is 0 Å². The molecule has 0 spiro atoms. The van der Waals surface area contributed by atoms with Crippen LogP contribution in [0.15, 0.2) is 29.8 Å². The summed E-state index contributed by atoms with van der Waals surface area (Å²) in [5.74, 6) is -0.408. The summed E-state index contributed by atoms with van der Waals surface area (Å²) < 4.78 is 12.5. The molecule has 1 aromatic carbocycles. The van der Waals surface area contributed by atoms with Gasteiger partial charge in [0.05, 0.1) is 0 Å². The summed E-state index contributed by atoms with van der Waals surface area (Å²) in [5.41, 5.74) is 1.41. The van der Waals surface area contributed by atoms with Crippen LogP contribution in [0, 0.1) is 5.82 Å². The van der Waals surface area contributed by atoms with E-state index in [1.165, 1.54) is 44.2 Å². The van der Waals surface area contributed by atoms with Gasteiger partial charge in [-0.2, -0.15) is 0 Å². The average molecular weight is 293 g/mol. The summed E-state index contributed by atoms with van der Waals surface area (Å²) in [6.45, 7) is 6.20. The monoisotopic (exact) mass is 293 g/mol. The Balaban J connectivity index is 0.000000486. The number of unbranched alkanes of at least 4 members (excludes halogenated alkanes) is 4. The first-order valence-electron chi connectivity index (χ1n) is 7.71. The van der Waals surface area contributed by atoms with Gasteiger partial charge >= 0.3 is 0 Å². The lowest BCUT2D eigenvalue weighted by Crippen LogP contribution is -2.18. The molecular formula is C18H28FNO. The minimum absolute atomic E-state index is 0.130. The van der Waals surface area contributed by atoms with Gasteiger partial charge in [-0.15, -0.1) is 0 Å². The second-order valence-corrected chi connectivity index (χ2v) is 5.02. The molecule has 1 aromatic rings. The van der Waals surface area contributed by atoms with Crippen molar-refractivity contribution in [2.45, 2.75) is 52.9 Å². The van der Waals surface area contributed by atoms with Crippen molar-refractivity contribution in [2.24, 2.45) is 0 Å². The standard InChI is InChI=1S/C11H12FNO.C7H16/c1-8(11(14)13-2)7-9-3-5-10(12)6-4-9;1-3-5-7-6-4-2/h3-7H,1-2H3,(H,13,14);3-7H2,1-2H3/b8-7+;. The number of hydrogen-bond acceptors (Lipinski definition) is 1. The van der Waals surface area contributed by atoms with E-state index in [1.54, 1.807) is 32.2 Å². The fraction of sp³-hybridized carbons (Fsp3) is 0.500. The number of nitrogens with one attached hydrogen (secondary N) is 1. The lowest BCUT2D eigenvalue weighted by atomic mass is 10.1. The first-order chi connectivity index (χ1) is 10.0. The minimum Gasteiger partial charge on any atom is -0.355 e. The Bertz CT molecular complexity index is 419. The maximum Gasteiger partial charge on any atom is 0.246 e. The van der Waals surface area contributed by atoms with Crippen LogP contribution in [0.25, 0.3) is 6.08 Å². The summed E-state index contributed by atoms with van der Waals surface area (Å²) in [5, 5.41) is 2.52. The van der Waals surface area contributed by atoms with E-state index in [1.807, 2.05) is 0 Å². The Morgan fingerprint density at radius 2 is 1.62 bits per heavy atom. The number of amides is 1. The van der Waals surface area contributed by atoms with E-state index in [-0.39, 0.29) is 11.7 Å². The fourth-order valence-electron chi connectivity index (χ4n) is 1.75. The van der Waals surface area contributed by atoms with E-state index in [9.17, 15) is 9.18 Å². The lowest BCUT2D eigenvalue weighted by Gasteiger charge is -1.99. The van der Waals surface area contributed by atoms with Gasteiger partial charge in [0.2, 0.25) is 5.91 Å². The van der Waals surface area contributed by atoms with Crippen LogP contribution in [0.2, 0.25) is 0 Å². The molecule has 0 heterocycles. The predicted octanol–water partition coefficient (Wildman–Crippen LogP) is 4.95. The molecule has 2 nitrogen and oxygen atoms in total. The molecule has 21 heavy (non-hydrogen) atoms. The first-order valence-corrected chi connectivity index (χ1v) is 7.71. The number of rotatable bonds is 6. The van der Waals surface area contributed by atoms with Crippen molar-refractivity contribution >= 4 is 12.0 Å². The maximum absolute atomic E-state index is 12.5. The summed E-state index contributed by atoms with van der Waals surface area (Å²) in [4.78, 5) is 11.1. The van der Waals surface area contributed by atoms with Gasteiger partial charge in [-0.3, -0.25) is 4.79 Å². The van der Waals surface area contributed by atoms with E-state index in [0.29, 0.717) is 5.57 Å². The van der Waals surface area contributed by atoms with Crippen LogP contribution in [0.3, 0.4) is 0 Å². The summed E-state index contributed by atoms with van der Waals surface area (Å²) in [6, 6.07) is 5.98. The van der Waals surface area contributed by atoms with Crippen LogP contribution in [0.5, 0.6) is 0 Å². The summed E-state index contributed by atoms with van der Waals surface area (Å²) in [7, 11) is 1.57. The Kier molecular flexibility index (Phi) is 11.2. The number of halogens is 1. The quantitative estimate of drug-likeness (QED) is 0.583. The smallest absolute Gasteiger partial charge is 0.246 e. The summed E-state index contributed by atoms with van der Waals surface area (Å²) >= 11 is 0. The van der Waals surface area contributed by atoms with Crippen molar-refractivity contribution in [1.82, 2.24) is 5.32 Å². The van der Waals surface area contributed by atoms with Crippen LogP contribution in [0.1, 0.15) is 58.4 Å². The SMILES string of the molecule is CCCCCCC.CNC(=O)/C(C)=C/c1ccc(F)cc1. The van der Waals surface area contributed by atoms with Crippen molar-refractivity contribution < 1.29 is 9.18 Å². The molecule has 0 aromatic heterocycles. The van der Waals surface area contributed by atoms with Crippen LogP contribution in [0.4, 0.5) is 4.39 Å². The number of carbonyl (C=O) groups excluding carboxylic acids is 1. The van der Waals surface area contributed by atoms with E-state index in [0.717, 1.165) is 5.56 Å². The highest BCUT2D eigenvalue weighted by atomic mass is 19.1. The largest absolute Gasteiger partial charge is 0.355 e. The fourth-order valence-corrected chi connectivity index (χ4v) is 1.75. The molecule has 1 N–H and O–H groups in total. The second kappa shape index (κ2) is 12.1. The molecule has 1 rings (SSSR count). The molecule has 0 saturated carbocycles. The molecule has 1 amide bonds. The third-order valence-corrected chi connectivity index (χ3v) is 3.05. The number of carbonyl (C=O) groups is 1. The van der Waals surface area contributed by atoms with E-state index in [4.69, 9.17) is 0 Å². The normalized spacial score (nSPS) is 10.6. The van der Waals surface area contributed by atoms with Crippen LogP contribution in [-0.2, 0) is 4.79 Å². The highest BCUT2D eigenvalue weighted by Crippen LogP contribution is 2.07. The molecule has 3 heteroatoms. The van der Waals surface area contributed by atoms with E-state index in [2.05, 4.69) is 19.2 Å². The zero-order valence-electron chi connectivity index (χ0n) is 13.7. The molecule has 0 bridgehead atoms. The maximum atomic E-state index is 12.5. The summed E-state index contributed by atoms with van der Waals surface area (Å²) in [6.07, 6.45) is 8.72. The predicted molar refractivity (Wildman–Crippen MR) is 88.6 cm³/mol. The zero-order valence-corrected chi connectivity index (χ0v) is 13.7. The Labute approximate surface area is 128 Å². The average Bonchev–Trinajstić information content (AvgIpc) is 2.50. The second-order valence-electron chi connectivity index (χ2n) is 5.02. The molecule has 0 aliphatic rings. The number of benzene rings is 1. The Morgan fingerprint density at radius 1 is 1.10 bits per heavy atom. The minimum atomic E-state index is -0.278. The van der Waals surface area contributed by atoms with Gasteiger partial charge < -0.3 is 5.32 Å². The van der Waals surface area contributed by atoms with E-state index >= 15 is 0 Å². The van der Waals surface area contributed by atoms with Crippen molar-refractivity contribution in [3.8, 4) is 0 Å². The lowest BCUT2D eigenvalue weighted by molar-refractivity contribution is -0.116. The molecule has 0 atom stereocenters. The van der Waals surface area contributed by atoms with Gasteiger partial charge in [0, 0.05) is 12.6 Å². The van der Waals surface area contributed by atoms with E-state index < -0.39 is 0 Å². The van der Waals surface area contributed by atoms with Gasteiger partial charge in [0.1, 0.15) is 5.82 Å². The van der Waals surface area contributed by atoms with Gasteiger partial charge in [0.25, 0.3) is 0 Å². The zero-order chi connectivity index (χ0) is 16.1. The molecule has 0 radical (unpaired) electrons. The molecule has 0 unspecified atom stereocenters. The molecule has 0 aliphatic carbocycles. The van der Waals surface area contributed by atoms with Crippen LogP contribution < -0.4 is 5.32 Å². The molecular weight excluding hydrogens is 265 g/mol. The van der Waals surface area contributed by atoms with Crippen molar-refractivity contribution in [3.63, 3.8) is 0 Å². The van der Waals surface area contributed by atoms with Crippen LogP contribution >= 0.6 is 0 Å². The van der Waals surface area contributed by atoms with Gasteiger partial charge in [0.15, 0.2) is 0 Å². The highest BCUT2D eigenvalue weighted by Gasteiger charge is 2.00. The first kappa shape index (κ1) is 19.4. The molecule has 0 fully saturated rings. The number of hydrogen-bond donors (Lipinski definition) is 1. The third kappa shape index (κ3) is 9.83. The van der Waals surface area contributed by atoms with Gasteiger partial charge in [-0.05, 0) is 30.7 Å². The number of likely N-dealkylation sites (N-methyl/N-ethyl adjacent to an activating group) is 1. The van der Waals surface area contributed by atoms with Crippen LogP contribution in [-0.4, -0.2) is 13.0 Å². The van der Waals surface area contributed by atoms with Crippen molar-refractivity contribution in [2.75, 3.05) is 7.05 Å². The third-order valence-electron chi connectivity index (χ3n) is 3.05. The molecule has 118 valence electrons. The van der Waals surface area contributed by atoms with Gasteiger partial charge in [-0.25, -0.2) is 4.39 Å². The van der Waals surface area contributed by atoms with Gasteiger partial charge in [-0.1, -0.05) is 58.1 Å². The topological polar surface area (TPSA) is 29.1 Å². The Morgan fingerprint density at radius 3 is 2.05 bits per heavy atom. The van der Waals surface area contributed by atoms with Crippen molar-refractivity contribution in [3.05, 3.63) is 41.2 Å². The highest BCUT2D eigenvalue weighted by molar-refractivity contribution is 5.96. The molecule has 0 aliphatic heterocycles. The Hall–Kier alpha value is -1.64.